The maximum absolute atomic E-state index is 12.6. The van der Waals surface area contributed by atoms with Crippen LogP contribution in [0.4, 0.5) is 4.39 Å². The minimum atomic E-state index is -1.43. The molecular formula is C8H13FO3. The summed E-state index contributed by atoms with van der Waals surface area (Å²) in [6.07, 6.45) is -0.0614. The van der Waals surface area contributed by atoms with Crippen LogP contribution < -0.4 is 0 Å². The average Bonchev–Trinajstić information content (AvgIpc) is 2.09. The largest absolute Gasteiger partial charge is 0.467 e. The van der Waals surface area contributed by atoms with Gasteiger partial charge in [0.05, 0.1) is 7.11 Å². The number of hydrogen-bond acceptors (Lipinski definition) is 3. The van der Waals surface area contributed by atoms with Crippen LogP contribution >= 0.6 is 0 Å². The van der Waals surface area contributed by atoms with E-state index in [1.807, 2.05) is 0 Å². The Morgan fingerprint density at radius 1 is 1.58 bits per heavy atom. The molecule has 1 rings (SSSR count). The lowest BCUT2D eigenvalue weighted by Gasteiger charge is -2.30. The highest BCUT2D eigenvalue weighted by atomic mass is 19.1. The third-order valence-corrected chi connectivity index (χ3v) is 2.31. The summed E-state index contributed by atoms with van der Waals surface area (Å²) >= 11 is 0. The van der Waals surface area contributed by atoms with Gasteiger partial charge in [-0.25, -0.2) is 9.18 Å². The van der Waals surface area contributed by atoms with E-state index in [9.17, 15) is 14.3 Å². The zero-order chi connectivity index (χ0) is 9.19. The summed E-state index contributed by atoms with van der Waals surface area (Å²) in [6.45, 7) is 0. The van der Waals surface area contributed by atoms with Crippen molar-refractivity contribution in [2.45, 2.75) is 37.5 Å². The average molecular weight is 176 g/mol. The molecule has 4 heteroatoms. The molecule has 12 heavy (non-hydrogen) atoms. The minimum absolute atomic E-state index is 0.167. The number of rotatable bonds is 1. The van der Waals surface area contributed by atoms with Crippen molar-refractivity contribution in [2.24, 2.45) is 0 Å². The van der Waals surface area contributed by atoms with Gasteiger partial charge in [-0.15, -0.1) is 0 Å². The summed E-state index contributed by atoms with van der Waals surface area (Å²) in [6, 6.07) is 0. The van der Waals surface area contributed by atoms with Crippen LogP contribution in [0.2, 0.25) is 0 Å². The fraction of sp³-hybridized carbons (Fsp3) is 0.875. The number of hydrogen-bond donors (Lipinski definition) is 1. The van der Waals surface area contributed by atoms with Gasteiger partial charge < -0.3 is 9.84 Å². The van der Waals surface area contributed by atoms with Gasteiger partial charge in [-0.2, -0.15) is 0 Å². The number of aliphatic hydroxyl groups is 1. The van der Waals surface area contributed by atoms with Gasteiger partial charge in [0.2, 0.25) is 0 Å². The summed E-state index contributed by atoms with van der Waals surface area (Å²) in [4.78, 5) is 11.0. The van der Waals surface area contributed by atoms with E-state index in [1.165, 1.54) is 7.11 Å². The monoisotopic (exact) mass is 176 g/mol. The molecule has 0 bridgehead atoms. The van der Waals surface area contributed by atoms with Crippen molar-refractivity contribution in [3.05, 3.63) is 0 Å². The smallest absolute Gasteiger partial charge is 0.337 e. The van der Waals surface area contributed by atoms with E-state index in [1.54, 1.807) is 0 Å². The van der Waals surface area contributed by atoms with E-state index in [4.69, 9.17) is 0 Å². The molecule has 1 aliphatic carbocycles. The maximum Gasteiger partial charge on any atom is 0.337 e. The number of carbonyl (C=O) groups excluding carboxylic acids is 1. The molecule has 1 saturated carbocycles. The summed E-state index contributed by atoms with van der Waals surface area (Å²) in [7, 11) is 1.22. The Morgan fingerprint density at radius 3 is 2.50 bits per heavy atom. The molecule has 1 N–H and O–H groups in total. The molecule has 0 heterocycles. The Labute approximate surface area is 70.5 Å². The van der Waals surface area contributed by atoms with Crippen molar-refractivity contribution in [3.63, 3.8) is 0 Å². The van der Waals surface area contributed by atoms with Gasteiger partial charge in [-0.1, -0.05) is 0 Å². The Morgan fingerprint density at radius 2 is 2.08 bits per heavy atom. The number of halogens is 1. The van der Waals surface area contributed by atoms with E-state index < -0.39 is 17.7 Å². The van der Waals surface area contributed by atoms with Gasteiger partial charge in [0.25, 0.3) is 0 Å². The third kappa shape index (κ3) is 1.75. The van der Waals surface area contributed by atoms with Gasteiger partial charge in [-0.05, 0) is 25.7 Å². The zero-order valence-corrected chi connectivity index (χ0v) is 7.05. The van der Waals surface area contributed by atoms with Crippen molar-refractivity contribution in [1.82, 2.24) is 0 Å². The van der Waals surface area contributed by atoms with Crippen molar-refractivity contribution in [2.75, 3.05) is 7.11 Å². The lowest BCUT2D eigenvalue weighted by Crippen LogP contribution is -2.43. The van der Waals surface area contributed by atoms with E-state index in [0.29, 0.717) is 0 Å². The second kappa shape index (κ2) is 3.39. The van der Waals surface area contributed by atoms with Crippen LogP contribution in [0.3, 0.4) is 0 Å². The first-order valence-corrected chi connectivity index (χ1v) is 4.03. The maximum atomic E-state index is 12.6. The predicted molar refractivity (Wildman–Crippen MR) is 40.3 cm³/mol. The molecule has 1 fully saturated rings. The normalized spacial score (nSPS) is 36.1. The Bertz CT molecular complexity index is 173. The summed E-state index contributed by atoms with van der Waals surface area (Å²) in [5.41, 5.74) is -1.43. The van der Waals surface area contributed by atoms with E-state index >= 15 is 0 Å². The molecule has 0 aromatic rings. The zero-order valence-electron chi connectivity index (χ0n) is 7.05. The molecule has 1 aliphatic rings. The highest BCUT2D eigenvalue weighted by Gasteiger charge is 2.40. The van der Waals surface area contributed by atoms with Gasteiger partial charge in [0, 0.05) is 0 Å². The second-order valence-electron chi connectivity index (χ2n) is 3.20. The molecule has 0 aromatic carbocycles. The molecule has 0 aliphatic heterocycles. The van der Waals surface area contributed by atoms with Gasteiger partial charge in [-0.3, -0.25) is 0 Å². The number of methoxy groups -OCH3 is 1. The molecular weight excluding hydrogens is 163 g/mol. The third-order valence-electron chi connectivity index (χ3n) is 2.31. The standard InChI is InChI=1S/C8H13FO3/c1-12-7(10)8(11)4-2-6(9)3-5-8/h6,11H,2-5H2,1H3. The first kappa shape index (κ1) is 9.45. The van der Waals surface area contributed by atoms with Crippen molar-refractivity contribution < 1.29 is 19.0 Å². The molecule has 0 aromatic heterocycles. The molecule has 70 valence electrons. The quantitative estimate of drug-likeness (QED) is 0.601. The van der Waals surface area contributed by atoms with Gasteiger partial charge in [0.1, 0.15) is 6.17 Å². The molecule has 0 radical (unpaired) electrons. The van der Waals surface area contributed by atoms with Crippen LogP contribution in [0.25, 0.3) is 0 Å². The van der Waals surface area contributed by atoms with E-state index in [0.717, 1.165) is 0 Å². The topological polar surface area (TPSA) is 46.5 Å². The summed E-state index contributed by atoms with van der Waals surface area (Å²) < 4.78 is 17.0. The first-order valence-electron chi connectivity index (χ1n) is 4.03. The van der Waals surface area contributed by atoms with Gasteiger partial charge in [0.15, 0.2) is 5.60 Å². The van der Waals surface area contributed by atoms with Crippen LogP contribution in [0.5, 0.6) is 0 Å². The summed E-state index contributed by atoms with van der Waals surface area (Å²) in [5.74, 6) is -0.644. The fourth-order valence-corrected chi connectivity index (χ4v) is 1.45. The van der Waals surface area contributed by atoms with Crippen LogP contribution in [-0.2, 0) is 9.53 Å². The van der Waals surface area contributed by atoms with Gasteiger partial charge >= 0.3 is 5.97 Å². The van der Waals surface area contributed by atoms with Crippen LogP contribution in [0.1, 0.15) is 25.7 Å². The van der Waals surface area contributed by atoms with E-state index in [2.05, 4.69) is 4.74 Å². The molecule has 0 spiro atoms. The van der Waals surface area contributed by atoms with Crippen LogP contribution in [0, 0.1) is 0 Å². The molecule has 0 atom stereocenters. The van der Waals surface area contributed by atoms with Crippen LogP contribution in [-0.4, -0.2) is 30.0 Å². The fourth-order valence-electron chi connectivity index (χ4n) is 1.45. The number of ether oxygens (including phenoxy) is 1. The van der Waals surface area contributed by atoms with Crippen LogP contribution in [0.15, 0.2) is 0 Å². The number of carbonyl (C=O) groups is 1. The molecule has 0 saturated heterocycles. The highest BCUT2D eigenvalue weighted by Crippen LogP contribution is 2.30. The Balaban J connectivity index is 2.55. The molecule has 3 nitrogen and oxygen atoms in total. The van der Waals surface area contributed by atoms with Crippen molar-refractivity contribution in [1.29, 1.82) is 0 Å². The number of esters is 1. The minimum Gasteiger partial charge on any atom is -0.467 e. The molecule has 0 amide bonds. The molecule has 0 unspecified atom stereocenters. The Hall–Kier alpha value is -0.640. The lowest BCUT2D eigenvalue weighted by atomic mass is 9.84. The number of alkyl halides is 1. The van der Waals surface area contributed by atoms with Crippen molar-refractivity contribution in [3.8, 4) is 0 Å². The van der Waals surface area contributed by atoms with Crippen molar-refractivity contribution >= 4 is 5.97 Å². The lowest BCUT2D eigenvalue weighted by molar-refractivity contribution is -0.166. The van der Waals surface area contributed by atoms with E-state index in [-0.39, 0.29) is 25.7 Å². The highest BCUT2D eigenvalue weighted by molar-refractivity contribution is 5.79. The Kier molecular flexibility index (Phi) is 2.67. The SMILES string of the molecule is COC(=O)C1(O)CCC(F)CC1. The predicted octanol–water partition coefficient (Wildman–Crippen LogP) is 0.803. The summed E-state index contributed by atoms with van der Waals surface area (Å²) in [5, 5.41) is 9.62. The second-order valence-corrected chi connectivity index (χ2v) is 3.20. The first-order chi connectivity index (χ1) is 5.58.